The maximum atomic E-state index is 5.69. The number of hydrogen-bond acceptors (Lipinski definition) is 2. The fraction of sp³-hybridized carbons (Fsp3) is 1.00. The van der Waals surface area contributed by atoms with Crippen LogP contribution in [0.5, 0.6) is 0 Å². The van der Waals surface area contributed by atoms with Gasteiger partial charge in [-0.2, -0.15) is 0 Å². The Labute approximate surface area is 133 Å². The molecule has 0 radical (unpaired) electrons. The molecular formula is C19H40N2. The normalized spacial score (nSPS) is 20.0. The van der Waals surface area contributed by atoms with Crippen LogP contribution in [-0.4, -0.2) is 31.1 Å². The van der Waals surface area contributed by atoms with Crippen molar-refractivity contribution in [3.8, 4) is 0 Å². The van der Waals surface area contributed by atoms with Gasteiger partial charge in [-0.15, -0.1) is 0 Å². The summed E-state index contributed by atoms with van der Waals surface area (Å²) in [5.74, 6) is 0.881. The molecule has 0 aliphatic carbocycles. The minimum Gasteiger partial charge on any atom is -0.330 e. The van der Waals surface area contributed by atoms with Crippen molar-refractivity contribution in [2.45, 2.75) is 90.4 Å². The first-order valence-electron chi connectivity index (χ1n) is 9.79. The summed E-state index contributed by atoms with van der Waals surface area (Å²) in [6, 6.07) is 0. The van der Waals surface area contributed by atoms with Crippen molar-refractivity contribution in [3.05, 3.63) is 0 Å². The van der Waals surface area contributed by atoms with Gasteiger partial charge >= 0.3 is 0 Å². The highest BCUT2D eigenvalue weighted by molar-refractivity contribution is 4.73. The van der Waals surface area contributed by atoms with Crippen LogP contribution in [0.1, 0.15) is 90.4 Å². The predicted octanol–water partition coefficient (Wildman–Crippen LogP) is 4.97. The first kappa shape index (κ1) is 19.0. The van der Waals surface area contributed by atoms with Crippen molar-refractivity contribution < 1.29 is 0 Å². The molecule has 1 heterocycles. The number of nitrogens with zero attached hydrogens (tertiary/aromatic N) is 1. The lowest BCUT2D eigenvalue weighted by molar-refractivity contribution is 0.167. The number of unbranched alkanes of at least 4 members (excludes halogenated alkanes) is 9. The molecule has 21 heavy (non-hydrogen) atoms. The maximum absolute atomic E-state index is 5.69. The Morgan fingerprint density at radius 1 is 0.905 bits per heavy atom. The van der Waals surface area contributed by atoms with E-state index in [1.54, 1.807) is 0 Å². The summed E-state index contributed by atoms with van der Waals surface area (Å²) in [5.41, 5.74) is 5.69. The lowest BCUT2D eigenvalue weighted by atomic mass is 9.94. The third-order valence-corrected chi connectivity index (χ3v) is 5.01. The summed E-state index contributed by atoms with van der Waals surface area (Å²) in [5, 5.41) is 0. The Kier molecular flexibility index (Phi) is 12.3. The average molecular weight is 297 g/mol. The molecule has 0 saturated carbocycles. The van der Waals surface area contributed by atoms with E-state index in [1.807, 2.05) is 0 Å². The Bertz CT molecular complexity index is 216. The second-order valence-corrected chi connectivity index (χ2v) is 7.07. The molecule has 1 aliphatic heterocycles. The van der Waals surface area contributed by atoms with Crippen LogP contribution >= 0.6 is 0 Å². The topological polar surface area (TPSA) is 29.3 Å². The number of likely N-dealkylation sites (tertiary alicyclic amines) is 1. The van der Waals surface area contributed by atoms with Gasteiger partial charge in [0.2, 0.25) is 0 Å². The molecule has 1 unspecified atom stereocenters. The predicted molar refractivity (Wildman–Crippen MR) is 94.7 cm³/mol. The smallest absolute Gasteiger partial charge is 0.00101 e. The van der Waals surface area contributed by atoms with E-state index in [-0.39, 0.29) is 0 Å². The molecule has 1 saturated heterocycles. The monoisotopic (exact) mass is 296 g/mol. The first-order valence-corrected chi connectivity index (χ1v) is 9.79. The van der Waals surface area contributed by atoms with E-state index in [2.05, 4.69) is 11.8 Å². The summed E-state index contributed by atoms with van der Waals surface area (Å²) in [6.45, 7) is 7.14. The van der Waals surface area contributed by atoms with Crippen LogP contribution in [0.3, 0.4) is 0 Å². The third-order valence-electron chi connectivity index (χ3n) is 5.01. The minimum absolute atomic E-state index is 0.872. The molecule has 0 aromatic carbocycles. The van der Waals surface area contributed by atoms with E-state index < -0.39 is 0 Å². The fourth-order valence-corrected chi connectivity index (χ4v) is 3.65. The standard InChI is InChI=1S/C19H40N2/c1-2-3-4-5-6-7-8-9-10-11-16-21-17-12-13-19(18-21)14-15-20/h19H,2-18,20H2,1H3. The van der Waals surface area contributed by atoms with Crippen LogP contribution in [0, 0.1) is 5.92 Å². The van der Waals surface area contributed by atoms with Gasteiger partial charge in [0, 0.05) is 6.54 Å². The van der Waals surface area contributed by atoms with Crippen LogP contribution in [0.2, 0.25) is 0 Å². The third kappa shape index (κ3) is 10.3. The van der Waals surface area contributed by atoms with Crippen molar-refractivity contribution in [3.63, 3.8) is 0 Å². The van der Waals surface area contributed by atoms with Crippen LogP contribution in [0.4, 0.5) is 0 Å². The quantitative estimate of drug-likeness (QED) is 0.486. The molecule has 2 nitrogen and oxygen atoms in total. The Morgan fingerprint density at radius 3 is 2.14 bits per heavy atom. The molecule has 0 aromatic heterocycles. The van der Waals surface area contributed by atoms with Crippen molar-refractivity contribution in [1.29, 1.82) is 0 Å². The Morgan fingerprint density at radius 2 is 1.52 bits per heavy atom. The summed E-state index contributed by atoms with van der Waals surface area (Å²) < 4.78 is 0. The van der Waals surface area contributed by atoms with E-state index in [4.69, 9.17) is 5.73 Å². The van der Waals surface area contributed by atoms with Crippen molar-refractivity contribution >= 4 is 0 Å². The highest BCUT2D eigenvalue weighted by atomic mass is 15.1. The number of nitrogens with two attached hydrogens (primary N) is 1. The summed E-state index contributed by atoms with van der Waals surface area (Å²) in [7, 11) is 0. The fourth-order valence-electron chi connectivity index (χ4n) is 3.65. The molecular weight excluding hydrogens is 256 g/mol. The van der Waals surface area contributed by atoms with Crippen LogP contribution in [0.25, 0.3) is 0 Å². The van der Waals surface area contributed by atoms with Gasteiger partial charge in [0.15, 0.2) is 0 Å². The number of rotatable bonds is 13. The Hall–Kier alpha value is -0.0800. The molecule has 1 aliphatic rings. The Balaban J connectivity index is 1.85. The van der Waals surface area contributed by atoms with Gasteiger partial charge in [0.25, 0.3) is 0 Å². The lowest BCUT2D eigenvalue weighted by Crippen LogP contribution is -2.36. The zero-order valence-electron chi connectivity index (χ0n) is 14.6. The lowest BCUT2D eigenvalue weighted by Gasteiger charge is -2.32. The summed E-state index contributed by atoms with van der Waals surface area (Å²) in [6.07, 6.45) is 18.4. The second kappa shape index (κ2) is 13.6. The minimum atomic E-state index is 0.872. The number of piperidine rings is 1. The van der Waals surface area contributed by atoms with Gasteiger partial charge in [-0.25, -0.2) is 0 Å². The summed E-state index contributed by atoms with van der Waals surface area (Å²) in [4.78, 5) is 2.69. The van der Waals surface area contributed by atoms with Gasteiger partial charge in [-0.05, 0) is 51.2 Å². The van der Waals surface area contributed by atoms with Gasteiger partial charge in [0.05, 0.1) is 0 Å². The van der Waals surface area contributed by atoms with Crippen LogP contribution in [-0.2, 0) is 0 Å². The van der Waals surface area contributed by atoms with Gasteiger partial charge in [0.1, 0.15) is 0 Å². The molecule has 1 fully saturated rings. The molecule has 0 bridgehead atoms. The van der Waals surface area contributed by atoms with E-state index in [0.29, 0.717) is 0 Å². The second-order valence-electron chi connectivity index (χ2n) is 7.07. The van der Waals surface area contributed by atoms with Crippen molar-refractivity contribution in [2.75, 3.05) is 26.2 Å². The molecule has 0 amide bonds. The summed E-state index contributed by atoms with van der Waals surface area (Å²) >= 11 is 0. The first-order chi connectivity index (χ1) is 10.4. The van der Waals surface area contributed by atoms with Crippen LogP contribution < -0.4 is 5.73 Å². The van der Waals surface area contributed by atoms with Crippen LogP contribution in [0.15, 0.2) is 0 Å². The maximum Gasteiger partial charge on any atom is 0.00101 e. The van der Waals surface area contributed by atoms with Crippen molar-refractivity contribution in [2.24, 2.45) is 11.7 Å². The highest BCUT2D eigenvalue weighted by Gasteiger charge is 2.18. The van der Waals surface area contributed by atoms with E-state index in [9.17, 15) is 0 Å². The van der Waals surface area contributed by atoms with Gasteiger partial charge in [-0.1, -0.05) is 64.7 Å². The van der Waals surface area contributed by atoms with E-state index >= 15 is 0 Å². The molecule has 126 valence electrons. The van der Waals surface area contributed by atoms with E-state index in [0.717, 1.165) is 12.5 Å². The molecule has 2 heteroatoms. The SMILES string of the molecule is CCCCCCCCCCCCN1CCCC(CCN)C1. The zero-order chi connectivity index (χ0) is 15.2. The number of hydrogen-bond donors (Lipinski definition) is 1. The molecule has 1 rings (SSSR count). The van der Waals surface area contributed by atoms with Gasteiger partial charge < -0.3 is 10.6 Å². The largest absolute Gasteiger partial charge is 0.330 e. The zero-order valence-corrected chi connectivity index (χ0v) is 14.6. The molecule has 1 atom stereocenters. The highest BCUT2D eigenvalue weighted by Crippen LogP contribution is 2.19. The van der Waals surface area contributed by atoms with Gasteiger partial charge in [-0.3, -0.25) is 0 Å². The van der Waals surface area contributed by atoms with E-state index in [1.165, 1.54) is 103 Å². The molecule has 0 aromatic rings. The molecule has 0 spiro atoms. The molecule has 2 N–H and O–H groups in total. The van der Waals surface area contributed by atoms with Crippen molar-refractivity contribution in [1.82, 2.24) is 4.90 Å². The average Bonchev–Trinajstić information content (AvgIpc) is 2.50.